The smallest absolute Gasteiger partial charge is 0.343 e. The molecule has 0 radical (unpaired) electrons. The number of benzene rings is 2. The molecule has 0 fully saturated rings. The fourth-order valence-electron chi connectivity index (χ4n) is 2.09. The van der Waals surface area contributed by atoms with Crippen molar-refractivity contribution in [1.29, 1.82) is 0 Å². The summed E-state index contributed by atoms with van der Waals surface area (Å²) in [6, 6.07) is 8.18. The molecule has 2 rings (SSSR count). The third kappa shape index (κ3) is 5.95. The van der Waals surface area contributed by atoms with Crippen molar-refractivity contribution in [2.24, 2.45) is 5.10 Å². The Morgan fingerprint density at radius 1 is 1.21 bits per heavy atom. The van der Waals surface area contributed by atoms with Gasteiger partial charge in [0.15, 0.2) is 18.1 Å². The number of nitrogens with one attached hydrogen (secondary N) is 1. The standard InChI is InChI=1S/C19H18ClFN2O5/c1-3-27-16-9-12(8-15(20)18(16)28-11-17(24)26-2)10-22-23-19(25)13-4-6-14(21)7-5-13/h4-10H,3,11H2,1-2H3,(H,23,25)/b22-10-. The van der Waals surface area contributed by atoms with E-state index in [1.807, 2.05) is 0 Å². The molecule has 0 heterocycles. The monoisotopic (exact) mass is 408 g/mol. The number of nitrogens with zero attached hydrogens (tertiary/aromatic N) is 1. The van der Waals surface area contributed by atoms with E-state index in [0.29, 0.717) is 17.9 Å². The van der Waals surface area contributed by atoms with Crippen molar-refractivity contribution < 1.29 is 28.2 Å². The van der Waals surface area contributed by atoms with E-state index in [4.69, 9.17) is 21.1 Å². The van der Waals surface area contributed by atoms with Gasteiger partial charge in [-0.2, -0.15) is 5.10 Å². The van der Waals surface area contributed by atoms with Crippen molar-refractivity contribution >= 4 is 29.7 Å². The van der Waals surface area contributed by atoms with Crippen LogP contribution < -0.4 is 14.9 Å². The first kappa shape index (κ1) is 21.2. The van der Waals surface area contributed by atoms with Crippen LogP contribution in [0.5, 0.6) is 11.5 Å². The molecule has 2 aromatic carbocycles. The third-order valence-electron chi connectivity index (χ3n) is 3.38. The summed E-state index contributed by atoms with van der Waals surface area (Å²) in [5, 5.41) is 4.05. The van der Waals surface area contributed by atoms with Crippen molar-refractivity contribution in [3.8, 4) is 11.5 Å². The highest BCUT2D eigenvalue weighted by molar-refractivity contribution is 6.32. The summed E-state index contributed by atoms with van der Waals surface area (Å²) in [5.74, 6) is -0.989. The van der Waals surface area contributed by atoms with Gasteiger partial charge in [-0.3, -0.25) is 4.79 Å². The second-order valence-corrected chi connectivity index (χ2v) is 5.74. The van der Waals surface area contributed by atoms with E-state index < -0.39 is 17.7 Å². The van der Waals surface area contributed by atoms with E-state index >= 15 is 0 Å². The molecule has 0 spiro atoms. The largest absolute Gasteiger partial charge is 0.490 e. The van der Waals surface area contributed by atoms with Crippen LogP contribution in [0.15, 0.2) is 41.5 Å². The Morgan fingerprint density at radius 3 is 2.57 bits per heavy atom. The van der Waals surface area contributed by atoms with Crippen LogP contribution in [-0.2, 0) is 9.53 Å². The fraction of sp³-hybridized carbons (Fsp3) is 0.211. The molecule has 0 aromatic heterocycles. The minimum absolute atomic E-state index is 0.196. The van der Waals surface area contributed by atoms with Crippen molar-refractivity contribution in [3.63, 3.8) is 0 Å². The van der Waals surface area contributed by atoms with E-state index in [1.54, 1.807) is 13.0 Å². The molecule has 1 N–H and O–H groups in total. The summed E-state index contributed by atoms with van der Waals surface area (Å²) >= 11 is 6.21. The minimum Gasteiger partial charge on any atom is -0.490 e. The molecule has 0 saturated heterocycles. The number of carbonyl (C=O) groups is 2. The van der Waals surface area contributed by atoms with E-state index in [1.165, 1.54) is 43.7 Å². The lowest BCUT2D eigenvalue weighted by atomic mass is 10.2. The van der Waals surface area contributed by atoms with Crippen LogP contribution >= 0.6 is 11.6 Å². The summed E-state index contributed by atoms with van der Waals surface area (Å²) in [7, 11) is 1.25. The Bertz CT molecular complexity index is 871. The van der Waals surface area contributed by atoms with Gasteiger partial charge < -0.3 is 14.2 Å². The number of hydrogen-bond acceptors (Lipinski definition) is 6. The minimum atomic E-state index is -0.562. The van der Waals surface area contributed by atoms with Gasteiger partial charge in [0.1, 0.15) is 5.82 Å². The van der Waals surface area contributed by atoms with Gasteiger partial charge in [0.05, 0.1) is 25.0 Å². The number of ether oxygens (including phenoxy) is 3. The molecule has 0 bridgehead atoms. The normalized spacial score (nSPS) is 10.6. The molecule has 0 aliphatic rings. The Hall–Kier alpha value is -3.13. The summed E-state index contributed by atoms with van der Waals surface area (Å²) in [5.41, 5.74) is 3.12. The maximum atomic E-state index is 12.9. The second kappa shape index (κ2) is 10.3. The summed E-state index contributed by atoms with van der Waals surface area (Å²) < 4.78 is 28.3. The predicted octanol–water partition coefficient (Wildman–Crippen LogP) is 3.19. The quantitative estimate of drug-likeness (QED) is 0.412. The van der Waals surface area contributed by atoms with Crippen LogP contribution in [-0.4, -0.2) is 38.4 Å². The van der Waals surface area contributed by atoms with E-state index in [9.17, 15) is 14.0 Å². The Labute approximate surface area is 166 Å². The molecule has 2 aromatic rings. The zero-order valence-corrected chi connectivity index (χ0v) is 16.0. The van der Waals surface area contributed by atoms with Gasteiger partial charge in [0, 0.05) is 5.56 Å². The van der Waals surface area contributed by atoms with Gasteiger partial charge >= 0.3 is 5.97 Å². The van der Waals surface area contributed by atoms with Crippen LogP contribution in [0.3, 0.4) is 0 Å². The van der Waals surface area contributed by atoms with Crippen molar-refractivity contribution in [2.75, 3.05) is 20.3 Å². The maximum Gasteiger partial charge on any atom is 0.343 e. The topological polar surface area (TPSA) is 86.2 Å². The average molecular weight is 409 g/mol. The molecule has 0 saturated carbocycles. The second-order valence-electron chi connectivity index (χ2n) is 5.33. The molecular formula is C19H18ClFN2O5. The number of amides is 1. The zero-order chi connectivity index (χ0) is 20.5. The van der Waals surface area contributed by atoms with Gasteiger partial charge in [-0.25, -0.2) is 14.6 Å². The van der Waals surface area contributed by atoms with Gasteiger partial charge in [0.2, 0.25) is 0 Å². The molecule has 9 heteroatoms. The van der Waals surface area contributed by atoms with E-state index in [0.717, 1.165) is 0 Å². The zero-order valence-electron chi connectivity index (χ0n) is 15.2. The molecule has 0 unspecified atom stereocenters. The predicted molar refractivity (Wildman–Crippen MR) is 102 cm³/mol. The van der Waals surface area contributed by atoms with Crippen molar-refractivity contribution in [3.05, 3.63) is 58.4 Å². The number of carbonyl (C=O) groups excluding carboxylic acids is 2. The summed E-state index contributed by atoms with van der Waals surface area (Å²) in [6.45, 7) is 1.80. The van der Waals surface area contributed by atoms with E-state index in [-0.39, 0.29) is 22.9 Å². The first-order valence-corrected chi connectivity index (χ1v) is 8.57. The molecule has 0 aliphatic carbocycles. The molecule has 1 amide bonds. The van der Waals surface area contributed by atoms with Gasteiger partial charge in [-0.1, -0.05) is 11.6 Å². The lowest BCUT2D eigenvalue weighted by molar-refractivity contribution is -0.142. The number of hydrogen-bond donors (Lipinski definition) is 1. The number of halogens is 2. The van der Waals surface area contributed by atoms with Gasteiger partial charge in [0.25, 0.3) is 5.91 Å². The highest BCUT2D eigenvalue weighted by Gasteiger charge is 2.14. The van der Waals surface area contributed by atoms with Crippen LogP contribution in [0.2, 0.25) is 5.02 Å². The van der Waals surface area contributed by atoms with Gasteiger partial charge in [-0.05, 0) is 48.9 Å². The van der Waals surface area contributed by atoms with Crippen LogP contribution in [0.1, 0.15) is 22.8 Å². The van der Waals surface area contributed by atoms with Crippen LogP contribution in [0, 0.1) is 5.82 Å². The SMILES string of the molecule is CCOc1cc(/C=N\NC(=O)c2ccc(F)cc2)cc(Cl)c1OCC(=O)OC. The number of esters is 1. The molecule has 0 aliphatic heterocycles. The molecule has 148 valence electrons. The maximum absolute atomic E-state index is 12.9. The van der Waals surface area contributed by atoms with E-state index in [2.05, 4.69) is 15.3 Å². The highest BCUT2D eigenvalue weighted by Crippen LogP contribution is 2.36. The lowest BCUT2D eigenvalue weighted by Gasteiger charge is -2.13. The molecule has 0 atom stereocenters. The highest BCUT2D eigenvalue weighted by atomic mass is 35.5. The summed E-state index contributed by atoms with van der Waals surface area (Å²) in [6.07, 6.45) is 1.36. The molecular weight excluding hydrogens is 391 g/mol. The van der Waals surface area contributed by atoms with Gasteiger partial charge in [-0.15, -0.1) is 0 Å². The third-order valence-corrected chi connectivity index (χ3v) is 3.66. The Kier molecular flexibility index (Phi) is 7.76. The van der Waals surface area contributed by atoms with Crippen LogP contribution in [0.25, 0.3) is 0 Å². The Morgan fingerprint density at radius 2 is 1.93 bits per heavy atom. The number of hydrazone groups is 1. The lowest BCUT2D eigenvalue weighted by Crippen LogP contribution is -2.17. The average Bonchev–Trinajstić information content (AvgIpc) is 2.67. The molecule has 7 nitrogen and oxygen atoms in total. The van der Waals surface area contributed by atoms with Crippen LogP contribution in [0.4, 0.5) is 4.39 Å². The number of rotatable bonds is 8. The number of methoxy groups -OCH3 is 1. The first-order valence-electron chi connectivity index (χ1n) is 8.19. The summed E-state index contributed by atoms with van der Waals surface area (Å²) in [4.78, 5) is 23.2. The first-order chi connectivity index (χ1) is 13.4. The van der Waals surface area contributed by atoms with Crippen molar-refractivity contribution in [2.45, 2.75) is 6.92 Å². The fourth-order valence-corrected chi connectivity index (χ4v) is 2.36. The van der Waals surface area contributed by atoms with Crippen molar-refractivity contribution in [1.82, 2.24) is 5.43 Å². The Balaban J connectivity index is 2.12. The molecule has 28 heavy (non-hydrogen) atoms.